The molecule has 0 saturated carbocycles. The van der Waals surface area contributed by atoms with Crippen molar-refractivity contribution in [1.82, 2.24) is 0 Å². The van der Waals surface area contributed by atoms with Gasteiger partial charge in [0.25, 0.3) is 0 Å². The Kier molecular flexibility index (Phi) is 3.87. The van der Waals surface area contributed by atoms with Crippen LogP contribution in [-0.4, -0.2) is 57.1 Å². The zero-order valence-electron chi connectivity index (χ0n) is 9.57. The molecule has 2 rings (SSSR count). The first-order valence-electron chi connectivity index (χ1n) is 5.21. The molecule has 0 amide bonds. The van der Waals surface area contributed by atoms with Gasteiger partial charge in [-0.25, -0.2) is 9.59 Å². The molecule has 18 heavy (non-hydrogen) atoms. The Morgan fingerprint density at radius 2 is 1.56 bits per heavy atom. The predicted octanol–water partition coefficient (Wildman–Crippen LogP) is 0.126. The number of hydrogen-bond donors (Lipinski definition) is 0. The highest BCUT2D eigenvalue weighted by Gasteiger charge is 2.51. The molecule has 0 aromatic heterocycles. The number of hydrogen-bond acceptors (Lipinski definition) is 8. The second-order valence-corrected chi connectivity index (χ2v) is 3.73. The number of carbonyl (C=O) groups excluding carboxylic acids is 2. The van der Waals surface area contributed by atoms with Crippen molar-refractivity contribution in [2.45, 2.75) is 24.4 Å². The van der Waals surface area contributed by atoms with Crippen molar-refractivity contribution in [3.63, 3.8) is 0 Å². The molecule has 2 radical (unpaired) electrons. The maximum absolute atomic E-state index is 11.0. The van der Waals surface area contributed by atoms with Crippen LogP contribution in [0.25, 0.3) is 0 Å². The summed E-state index contributed by atoms with van der Waals surface area (Å²) >= 11 is 0. The first-order chi connectivity index (χ1) is 8.65. The smallest absolute Gasteiger partial charge is 0.438 e. The lowest BCUT2D eigenvalue weighted by Crippen LogP contribution is -2.35. The van der Waals surface area contributed by atoms with Crippen molar-refractivity contribution in [3.05, 3.63) is 7.11 Å². The first kappa shape index (κ1) is 12.9. The van der Waals surface area contributed by atoms with E-state index in [0.717, 1.165) is 0 Å². The highest BCUT2D eigenvalue weighted by Crippen LogP contribution is 2.30. The van der Waals surface area contributed by atoms with Gasteiger partial charge in [-0.1, -0.05) is 0 Å². The van der Waals surface area contributed by atoms with Crippen molar-refractivity contribution in [2.75, 3.05) is 20.3 Å². The number of methoxy groups -OCH3 is 1. The van der Waals surface area contributed by atoms with Gasteiger partial charge < -0.3 is 28.4 Å². The van der Waals surface area contributed by atoms with Crippen LogP contribution >= 0.6 is 0 Å². The van der Waals surface area contributed by atoms with Gasteiger partial charge in [-0.15, -0.1) is 0 Å². The van der Waals surface area contributed by atoms with Gasteiger partial charge >= 0.3 is 12.3 Å². The maximum atomic E-state index is 11.0. The molecular formula is C10H12O8. The van der Waals surface area contributed by atoms with Crippen LogP contribution in [0.3, 0.4) is 0 Å². The van der Waals surface area contributed by atoms with Crippen molar-refractivity contribution in [1.29, 1.82) is 0 Å². The third-order valence-corrected chi connectivity index (χ3v) is 2.72. The molecule has 0 aromatic rings. The quantitative estimate of drug-likeness (QED) is 0.647. The highest BCUT2D eigenvalue weighted by molar-refractivity contribution is 5.60. The van der Waals surface area contributed by atoms with E-state index in [1.165, 1.54) is 7.11 Å². The zero-order chi connectivity index (χ0) is 13.1. The van der Waals surface area contributed by atoms with E-state index in [1.54, 1.807) is 0 Å². The molecular weight excluding hydrogens is 248 g/mol. The third kappa shape index (κ3) is 2.49. The van der Waals surface area contributed by atoms with Gasteiger partial charge in [0.2, 0.25) is 0 Å². The Morgan fingerprint density at radius 1 is 1.06 bits per heavy atom. The minimum Gasteiger partial charge on any atom is -0.438 e. The molecule has 2 aliphatic heterocycles. The fourth-order valence-electron chi connectivity index (χ4n) is 1.95. The Balaban J connectivity index is 1.90. The molecule has 2 fully saturated rings. The Hall–Kier alpha value is -1.54. The van der Waals surface area contributed by atoms with Crippen LogP contribution in [-0.2, 0) is 28.4 Å². The summed E-state index contributed by atoms with van der Waals surface area (Å²) in [6, 6.07) is 0. The van der Waals surface area contributed by atoms with E-state index in [9.17, 15) is 9.59 Å². The molecule has 8 heteroatoms. The van der Waals surface area contributed by atoms with Crippen molar-refractivity contribution >= 4 is 12.3 Å². The van der Waals surface area contributed by atoms with Crippen molar-refractivity contribution in [2.24, 2.45) is 0 Å². The predicted molar refractivity (Wildman–Crippen MR) is 52.4 cm³/mol. The lowest BCUT2D eigenvalue weighted by atomic mass is 10.1. The van der Waals surface area contributed by atoms with E-state index >= 15 is 0 Å². The summed E-state index contributed by atoms with van der Waals surface area (Å²) in [4.78, 5) is 21.9. The van der Waals surface area contributed by atoms with Gasteiger partial charge in [0, 0.05) is 0 Å². The van der Waals surface area contributed by atoms with Crippen LogP contribution in [0.2, 0.25) is 0 Å². The van der Waals surface area contributed by atoms with Gasteiger partial charge in [0.15, 0.2) is 19.3 Å². The van der Waals surface area contributed by atoms with E-state index < -0.39 is 36.7 Å². The average molecular weight is 260 g/mol. The zero-order valence-corrected chi connectivity index (χ0v) is 9.57. The molecule has 4 atom stereocenters. The molecule has 0 spiro atoms. The van der Waals surface area contributed by atoms with Crippen LogP contribution in [0.5, 0.6) is 0 Å². The first-order valence-corrected chi connectivity index (χ1v) is 5.21. The fourth-order valence-corrected chi connectivity index (χ4v) is 1.95. The van der Waals surface area contributed by atoms with Gasteiger partial charge in [0.1, 0.15) is 12.2 Å². The van der Waals surface area contributed by atoms with Gasteiger partial charge in [-0.2, -0.15) is 0 Å². The minimum atomic E-state index is -1.02. The minimum absolute atomic E-state index is 0.117. The molecule has 8 nitrogen and oxygen atoms in total. The van der Waals surface area contributed by atoms with Crippen LogP contribution in [0, 0.1) is 7.11 Å². The Morgan fingerprint density at radius 3 is 2.00 bits per heavy atom. The Labute approximate surface area is 103 Å². The average Bonchev–Trinajstić information content (AvgIpc) is 2.93. The highest BCUT2D eigenvalue weighted by atomic mass is 16.8. The fraction of sp³-hybridized carbons (Fsp3) is 0.700. The van der Waals surface area contributed by atoms with E-state index in [0.29, 0.717) is 0 Å². The van der Waals surface area contributed by atoms with Gasteiger partial charge in [0.05, 0.1) is 20.3 Å². The second kappa shape index (κ2) is 5.40. The van der Waals surface area contributed by atoms with E-state index in [4.69, 9.17) is 18.9 Å². The number of carbonyl (C=O) groups is 2. The van der Waals surface area contributed by atoms with E-state index in [1.807, 2.05) is 0 Å². The van der Waals surface area contributed by atoms with Gasteiger partial charge in [-0.05, 0) is 0 Å². The van der Waals surface area contributed by atoms with Crippen LogP contribution < -0.4 is 0 Å². The molecule has 0 aromatic carbocycles. The summed E-state index contributed by atoms with van der Waals surface area (Å²) < 4.78 is 28.8. The van der Waals surface area contributed by atoms with Crippen LogP contribution in [0.4, 0.5) is 9.59 Å². The number of ether oxygens (including phenoxy) is 6. The number of rotatable bonds is 2. The largest absolute Gasteiger partial charge is 0.509 e. The topological polar surface area (TPSA) is 89.5 Å². The molecule has 2 heterocycles. The van der Waals surface area contributed by atoms with Crippen LogP contribution in [0.1, 0.15) is 0 Å². The molecule has 0 aliphatic carbocycles. The maximum Gasteiger partial charge on any atom is 0.509 e. The van der Waals surface area contributed by atoms with Gasteiger partial charge in [-0.3, -0.25) is 0 Å². The summed E-state index contributed by atoms with van der Waals surface area (Å²) in [6.07, 6.45) is -4.09. The summed E-state index contributed by atoms with van der Waals surface area (Å²) in [6.45, 7) is 0.257. The number of fused-ring (bicyclic) bond motifs is 1. The Bertz CT molecular complexity index is 298. The molecule has 4 unspecified atom stereocenters. The normalized spacial score (nSPS) is 33.7. The van der Waals surface area contributed by atoms with Crippen LogP contribution in [0.15, 0.2) is 0 Å². The third-order valence-electron chi connectivity index (χ3n) is 2.72. The second-order valence-electron chi connectivity index (χ2n) is 3.73. The summed E-state index contributed by atoms with van der Waals surface area (Å²) in [5.41, 5.74) is 0. The summed E-state index contributed by atoms with van der Waals surface area (Å²) in [7, 11) is 5.86. The molecule has 2 saturated heterocycles. The lowest BCUT2D eigenvalue weighted by molar-refractivity contribution is -0.0348. The monoisotopic (exact) mass is 260 g/mol. The SMILES string of the molecule is [CH]OC(=O)OC1COC2C(OC(=O)OC)COC12. The van der Waals surface area contributed by atoms with Crippen molar-refractivity contribution in [3.8, 4) is 0 Å². The summed E-state index contributed by atoms with van der Waals surface area (Å²) in [5, 5.41) is 0. The van der Waals surface area contributed by atoms with E-state index in [-0.39, 0.29) is 13.2 Å². The molecule has 0 N–H and O–H groups in total. The van der Waals surface area contributed by atoms with Crippen molar-refractivity contribution < 1.29 is 38.0 Å². The van der Waals surface area contributed by atoms with E-state index in [2.05, 4.69) is 16.6 Å². The lowest BCUT2D eigenvalue weighted by Gasteiger charge is -2.16. The summed E-state index contributed by atoms with van der Waals surface area (Å²) in [5.74, 6) is 0. The molecule has 0 bridgehead atoms. The standard InChI is InChI=1S/C10H12O8/c1-13-9(11)17-5-3-15-8-6(4-16-7(5)8)18-10(12)14-2/h1,5-8H,3-4H2,2H3. The molecule has 2 aliphatic rings. The molecule has 100 valence electrons.